The Hall–Kier alpha value is -1.52. The average molecular weight is 451 g/mol. The molecule has 130 valence electrons. The number of rotatable bonds is 1. The molecule has 0 bridgehead atoms. The molecule has 1 aromatic carbocycles. The van der Waals surface area contributed by atoms with E-state index >= 15 is 0 Å². The third-order valence-electron chi connectivity index (χ3n) is 4.37. The Kier molecular flexibility index (Phi) is 4.39. The van der Waals surface area contributed by atoms with Gasteiger partial charge in [-0.2, -0.15) is 18.2 Å². The van der Waals surface area contributed by atoms with Gasteiger partial charge >= 0.3 is 6.18 Å². The minimum atomic E-state index is -4.39. The van der Waals surface area contributed by atoms with Crippen molar-refractivity contribution in [2.75, 3.05) is 4.90 Å². The summed E-state index contributed by atoms with van der Waals surface area (Å²) in [7, 11) is 0. The summed E-state index contributed by atoms with van der Waals surface area (Å²) in [5, 5.41) is 0. The van der Waals surface area contributed by atoms with Gasteiger partial charge in [0.15, 0.2) is 0 Å². The number of nitrogens with two attached hydrogens (primary N) is 2. The summed E-state index contributed by atoms with van der Waals surface area (Å²) in [6.07, 6.45) is 0.0912. The van der Waals surface area contributed by atoms with Gasteiger partial charge in [0, 0.05) is 9.26 Å². The third-order valence-corrected chi connectivity index (χ3v) is 5.26. The van der Waals surface area contributed by atoms with Gasteiger partial charge in [0.25, 0.3) is 0 Å². The molecule has 9 heteroatoms. The topological polar surface area (TPSA) is 80.0 Å². The Morgan fingerprint density at radius 3 is 2.38 bits per heavy atom. The summed E-state index contributed by atoms with van der Waals surface area (Å²) in [5.74, 6) is 0.284. The molecular weight excluding hydrogens is 434 g/mol. The molecule has 0 unspecified atom stereocenters. The van der Waals surface area contributed by atoms with Crippen molar-refractivity contribution in [2.24, 2.45) is 21.5 Å². The lowest BCUT2D eigenvalue weighted by molar-refractivity contribution is -0.138. The monoisotopic (exact) mass is 451 g/mol. The summed E-state index contributed by atoms with van der Waals surface area (Å²) in [5.41, 5.74) is 11.1. The van der Waals surface area contributed by atoms with Crippen LogP contribution in [0.2, 0.25) is 0 Å². The quantitative estimate of drug-likeness (QED) is 0.643. The van der Waals surface area contributed by atoms with Crippen LogP contribution < -0.4 is 16.4 Å². The maximum atomic E-state index is 13.0. The fraction of sp³-hybridized carbons (Fsp3) is 0.467. The van der Waals surface area contributed by atoms with Crippen LogP contribution in [0.1, 0.15) is 37.7 Å². The third kappa shape index (κ3) is 3.05. The predicted octanol–water partition coefficient (Wildman–Crippen LogP) is 3.42. The van der Waals surface area contributed by atoms with Gasteiger partial charge in [-0.1, -0.05) is 6.42 Å². The number of aliphatic imine (C=N–C) groups is 2. The van der Waals surface area contributed by atoms with E-state index in [0.29, 0.717) is 5.69 Å². The minimum Gasteiger partial charge on any atom is -0.369 e. The maximum Gasteiger partial charge on any atom is 0.417 e. The smallest absolute Gasteiger partial charge is 0.369 e. The lowest BCUT2D eigenvalue weighted by Gasteiger charge is -2.45. The second-order valence-corrected chi connectivity index (χ2v) is 7.14. The van der Waals surface area contributed by atoms with Crippen LogP contribution in [0.25, 0.3) is 0 Å². The number of guanidine groups is 2. The molecule has 1 aromatic rings. The molecule has 2 aliphatic rings. The van der Waals surface area contributed by atoms with Gasteiger partial charge in [-0.25, -0.2) is 4.99 Å². The van der Waals surface area contributed by atoms with E-state index in [1.54, 1.807) is 27.5 Å². The van der Waals surface area contributed by atoms with Crippen LogP contribution in [-0.2, 0) is 6.18 Å². The van der Waals surface area contributed by atoms with Crippen LogP contribution in [0, 0.1) is 3.57 Å². The lowest BCUT2D eigenvalue weighted by Crippen LogP contribution is -2.58. The van der Waals surface area contributed by atoms with Gasteiger partial charge in [-0.05, 0) is 66.5 Å². The lowest BCUT2D eigenvalue weighted by atomic mass is 9.87. The molecule has 0 aromatic heterocycles. The van der Waals surface area contributed by atoms with Crippen molar-refractivity contribution in [3.8, 4) is 0 Å². The SMILES string of the molecule is NC1=NC2(CCCCC2)N(c2ccc(C(F)(F)F)c(I)c2)C(N)=N1. The highest BCUT2D eigenvalue weighted by Crippen LogP contribution is 2.41. The molecule has 0 radical (unpaired) electrons. The first-order valence-electron chi connectivity index (χ1n) is 7.59. The number of anilines is 1. The van der Waals surface area contributed by atoms with Crippen molar-refractivity contribution in [1.29, 1.82) is 0 Å². The van der Waals surface area contributed by atoms with Crippen molar-refractivity contribution < 1.29 is 13.2 Å². The van der Waals surface area contributed by atoms with Gasteiger partial charge in [0.2, 0.25) is 11.9 Å². The molecule has 0 saturated heterocycles. The Bertz CT molecular complexity index is 708. The van der Waals surface area contributed by atoms with Crippen molar-refractivity contribution in [3.05, 3.63) is 27.3 Å². The fourth-order valence-corrected chi connectivity index (χ4v) is 4.17. The zero-order chi connectivity index (χ0) is 17.5. The van der Waals surface area contributed by atoms with Crippen LogP contribution in [-0.4, -0.2) is 17.6 Å². The summed E-state index contributed by atoms with van der Waals surface area (Å²) >= 11 is 1.69. The van der Waals surface area contributed by atoms with Gasteiger partial charge in [0.1, 0.15) is 5.66 Å². The molecule has 1 aliphatic heterocycles. The highest BCUT2D eigenvalue weighted by atomic mass is 127. The van der Waals surface area contributed by atoms with E-state index in [1.807, 2.05) is 0 Å². The number of benzene rings is 1. The molecular formula is C15H17F3IN5. The summed E-state index contributed by atoms with van der Waals surface area (Å²) in [6.45, 7) is 0. The highest BCUT2D eigenvalue weighted by Gasteiger charge is 2.43. The van der Waals surface area contributed by atoms with E-state index in [1.165, 1.54) is 12.1 Å². The van der Waals surface area contributed by atoms with E-state index in [-0.39, 0.29) is 15.5 Å². The summed E-state index contributed by atoms with van der Waals surface area (Å²) < 4.78 is 39.1. The molecule has 24 heavy (non-hydrogen) atoms. The first-order valence-corrected chi connectivity index (χ1v) is 8.67. The van der Waals surface area contributed by atoms with Crippen molar-refractivity contribution in [1.82, 2.24) is 0 Å². The predicted molar refractivity (Wildman–Crippen MR) is 95.7 cm³/mol. The second kappa shape index (κ2) is 6.08. The number of hydrogen-bond acceptors (Lipinski definition) is 5. The Balaban J connectivity index is 2.06. The Morgan fingerprint density at radius 2 is 1.79 bits per heavy atom. The second-order valence-electron chi connectivity index (χ2n) is 5.98. The molecule has 5 nitrogen and oxygen atoms in total. The van der Waals surface area contributed by atoms with Gasteiger partial charge in [0.05, 0.1) is 5.56 Å². The van der Waals surface area contributed by atoms with Crippen LogP contribution in [0.3, 0.4) is 0 Å². The molecule has 4 N–H and O–H groups in total. The molecule has 1 aliphatic carbocycles. The zero-order valence-corrected chi connectivity index (χ0v) is 14.9. The molecule has 1 fully saturated rings. The maximum absolute atomic E-state index is 13.0. The Labute approximate surface area is 151 Å². The van der Waals surface area contributed by atoms with Crippen LogP contribution in [0.15, 0.2) is 28.2 Å². The van der Waals surface area contributed by atoms with E-state index in [2.05, 4.69) is 9.98 Å². The highest BCUT2D eigenvalue weighted by molar-refractivity contribution is 14.1. The largest absolute Gasteiger partial charge is 0.417 e. The van der Waals surface area contributed by atoms with Gasteiger partial charge < -0.3 is 11.5 Å². The van der Waals surface area contributed by atoms with E-state index in [9.17, 15) is 13.2 Å². The zero-order valence-electron chi connectivity index (χ0n) is 12.8. The first kappa shape index (κ1) is 17.3. The molecule has 1 spiro atoms. The molecule has 1 saturated carbocycles. The number of nitrogens with zero attached hydrogens (tertiary/aromatic N) is 3. The average Bonchev–Trinajstić information content (AvgIpc) is 2.45. The van der Waals surface area contributed by atoms with Gasteiger partial charge in [-0.15, -0.1) is 0 Å². The van der Waals surface area contributed by atoms with Crippen molar-refractivity contribution >= 4 is 40.2 Å². The standard InChI is InChI=1S/C15H17F3IN5/c16-15(17,18)10-5-4-9(8-11(10)19)24-13(21)22-12(20)23-14(24)6-2-1-3-7-14/h4-5,8H,1-3,6-7H2,(H4,20,21,22,23). The fourth-order valence-electron chi connectivity index (χ4n) is 3.37. The first-order chi connectivity index (χ1) is 11.2. The van der Waals surface area contributed by atoms with Crippen LogP contribution >= 0.6 is 22.6 Å². The van der Waals surface area contributed by atoms with Crippen LogP contribution in [0.5, 0.6) is 0 Å². The van der Waals surface area contributed by atoms with Crippen molar-refractivity contribution in [2.45, 2.75) is 43.9 Å². The number of hydrogen-bond donors (Lipinski definition) is 2. The number of alkyl halides is 3. The summed E-state index contributed by atoms with van der Waals surface area (Å²) in [4.78, 5) is 10.3. The molecule has 3 rings (SSSR count). The Morgan fingerprint density at radius 1 is 1.12 bits per heavy atom. The molecule has 0 amide bonds. The van der Waals surface area contributed by atoms with E-state index in [4.69, 9.17) is 11.5 Å². The number of halogens is 4. The van der Waals surface area contributed by atoms with Gasteiger partial charge in [-0.3, -0.25) is 4.90 Å². The van der Waals surface area contributed by atoms with Crippen LogP contribution in [0.4, 0.5) is 18.9 Å². The minimum absolute atomic E-state index is 0.110. The van der Waals surface area contributed by atoms with E-state index in [0.717, 1.165) is 38.2 Å². The molecule has 0 atom stereocenters. The van der Waals surface area contributed by atoms with Crippen molar-refractivity contribution in [3.63, 3.8) is 0 Å². The van der Waals surface area contributed by atoms with E-state index < -0.39 is 17.4 Å². The summed E-state index contributed by atoms with van der Waals surface area (Å²) in [6, 6.07) is 3.96. The molecule has 1 heterocycles. The normalized spacial score (nSPS) is 20.8.